The first kappa shape index (κ1) is 13.5. The summed E-state index contributed by atoms with van der Waals surface area (Å²) < 4.78 is 18.1. The smallest absolute Gasteiger partial charge is 0.198 e. The van der Waals surface area contributed by atoms with Crippen LogP contribution in [0.3, 0.4) is 0 Å². The van der Waals surface area contributed by atoms with E-state index in [9.17, 15) is 4.39 Å². The van der Waals surface area contributed by atoms with Crippen molar-refractivity contribution in [2.75, 3.05) is 13.1 Å². The summed E-state index contributed by atoms with van der Waals surface area (Å²) in [5, 5.41) is 4.25. The average Bonchev–Trinajstić information content (AvgIpc) is 3.02. The lowest BCUT2D eigenvalue weighted by molar-refractivity contribution is 0.249. The predicted octanol–water partition coefficient (Wildman–Crippen LogP) is 2.54. The van der Waals surface area contributed by atoms with Crippen molar-refractivity contribution in [1.82, 2.24) is 19.2 Å². The Morgan fingerprint density at radius 1 is 1.40 bits per heavy atom. The Bertz CT molecular complexity index is 663. The fourth-order valence-corrected chi connectivity index (χ4v) is 2.88. The van der Waals surface area contributed by atoms with E-state index in [1.165, 1.54) is 6.07 Å². The summed E-state index contributed by atoms with van der Waals surface area (Å²) in [5.41, 5.74) is 0.819. The van der Waals surface area contributed by atoms with Gasteiger partial charge >= 0.3 is 0 Å². The zero-order valence-electron chi connectivity index (χ0n) is 11.4. The maximum absolute atomic E-state index is 13.8. The Morgan fingerprint density at radius 2 is 2.20 bits per heavy atom. The van der Waals surface area contributed by atoms with Crippen molar-refractivity contribution in [3.8, 4) is 0 Å². The van der Waals surface area contributed by atoms with E-state index in [0.29, 0.717) is 11.4 Å². The van der Waals surface area contributed by atoms with E-state index in [-0.39, 0.29) is 11.7 Å². The number of likely N-dealkylation sites (tertiary alicyclic amines) is 1. The number of hydrogen-bond donors (Lipinski definition) is 0. The van der Waals surface area contributed by atoms with Crippen molar-refractivity contribution in [3.63, 3.8) is 0 Å². The Kier molecular flexibility index (Phi) is 3.67. The van der Waals surface area contributed by atoms with Gasteiger partial charge in [-0.1, -0.05) is 18.2 Å². The molecule has 0 N–H and O–H groups in total. The Balaban J connectivity index is 1.70. The van der Waals surface area contributed by atoms with Crippen LogP contribution in [-0.4, -0.2) is 32.3 Å². The van der Waals surface area contributed by atoms with Crippen LogP contribution in [0.5, 0.6) is 0 Å². The highest BCUT2D eigenvalue weighted by atomic mass is 32.1. The second-order valence-corrected chi connectivity index (χ2v) is 5.61. The van der Waals surface area contributed by atoms with E-state index in [4.69, 9.17) is 12.2 Å². The molecule has 1 unspecified atom stereocenters. The fraction of sp³-hybridized carbons (Fsp3) is 0.429. The summed E-state index contributed by atoms with van der Waals surface area (Å²) in [4.78, 5) is 2.26. The van der Waals surface area contributed by atoms with Crippen LogP contribution >= 0.6 is 12.2 Å². The van der Waals surface area contributed by atoms with E-state index < -0.39 is 0 Å². The van der Waals surface area contributed by atoms with Gasteiger partial charge in [0.25, 0.3) is 0 Å². The number of hydrogen-bond acceptors (Lipinski definition) is 3. The molecule has 0 aliphatic carbocycles. The molecule has 1 aliphatic heterocycles. The molecule has 0 radical (unpaired) electrons. The third-order valence-electron chi connectivity index (χ3n) is 3.84. The minimum absolute atomic E-state index is 0.103. The lowest BCUT2D eigenvalue weighted by Gasteiger charge is -2.16. The van der Waals surface area contributed by atoms with Gasteiger partial charge in [-0.05, 0) is 30.3 Å². The number of aromatic nitrogens is 3. The molecule has 0 amide bonds. The Hall–Kier alpha value is -1.53. The molecule has 1 saturated heterocycles. The molecule has 6 heteroatoms. The third-order valence-corrected chi connectivity index (χ3v) is 4.34. The summed E-state index contributed by atoms with van der Waals surface area (Å²) in [5.74, 6) is 0.155. The van der Waals surface area contributed by atoms with Crippen LogP contribution in [0.25, 0.3) is 0 Å². The van der Waals surface area contributed by atoms with Gasteiger partial charge < -0.3 is 4.57 Å². The molecule has 1 fully saturated rings. The van der Waals surface area contributed by atoms with E-state index >= 15 is 0 Å². The maximum Gasteiger partial charge on any atom is 0.198 e. The van der Waals surface area contributed by atoms with Gasteiger partial charge in [0.1, 0.15) is 12.1 Å². The minimum Gasteiger partial charge on any atom is -0.310 e. The number of rotatable bonds is 3. The highest BCUT2D eigenvalue weighted by Crippen LogP contribution is 2.29. The van der Waals surface area contributed by atoms with Crippen molar-refractivity contribution in [2.24, 2.45) is 7.05 Å². The third kappa shape index (κ3) is 2.53. The highest BCUT2D eigenvalue weighted by Gasteiger charge is 2.26. The lowest BCUT2D eigenvalue weighted by atomic mass is 9.98. The van der Waals surface area contributed by atoms with E-state index in [1.807, 2.05) is 23.7 Å². The first-order chi connectivity index (χ1) is 9.65. The SMILES string of the molecule is Cn1cnn(CN2CCC(c3ccccc3F)C2)c1=S. The molecule has 0 bridgehead atoms. The largest absolute Gasteiger partial charge is 0.310 e. The Labute approximate surface area is 122 Å². The molecule has 1 aliphatic rings. The van der Waals surface area contributed by atoms with Crippen LogP contribution in [-0.2, 0) is 13.7 Å². The molecule has 2 heterocycles. The number of benzene rings is 1. The molecule has 20 heavy (non-hydrogen) atoms. The van der Waals surface area contributed by atoms with Gasteiger partial charge in [-0.2, -0.15) is 5.10 Å². The zero-order valence-corrected chi connectivity index (χ0v) is 12.2. The normalized spacial score (nSPS) is 19.6. The van der Waals surface area contributed by atoms with E-state index in [1.54, 1.807) is 17.1 Å². The highest BCUT2D eigenvalue weighted by molar-refractivity contribution is 7.71. The lowest BCUT2D eigenvalue weighted by Crippen LogP contribution is -2.24. The van der Waals surface area contributed by atoms with Gasteiger partial charge in [0, 0.05) is 26.1 Å². The molecule has 3 rings (SSSR count). The van der Waals surface area contributed by atoms with E-state index in [2.05, 4.69) is 10.00 Å². The summed E-state index contributed by atoms with van der Waals surface area (Å²) in [6.45, 7) is 2.46. The zero-order chi connectivity index (χ0) is 14.1. The topological polar surface area (TPSA) is 26.0 Å². The summed E-state index contributed by atoms with van der Waals surface area (Å²) >= 11 is 5.28. The van der Waals surface area contributed by atoms with Crippen LogP contribution < -0.4 is 0 Å². The van der Waals surface area contributed by atoms with Crippen molar-refractivity contribution < 1.29 is 4.39 Å². The van der Waals surface area contributed by atoms with Gasteiger partial charge in [0.2, 0.25) is 0 Å². The molecular formula is C14H17FN4S. The standard InChI is InChI=1S/C14H17FN4S/c1-17-9-16-19(14(17)20)10-18-7-6-11(8-18)12-4-2-3-5-13(12)15/h2-5,9,11H,6-8,10H2,1H3. The van der Waals surface area contributed by atoms with Crippen molar-refractivity contribution in [1.29, 1.82) is 0 Å². The second kappa shape index (κ2) is 5.46. The van der Waals surface area contributed by atoms with Gasteiger partial charge in [0.15, 0.2) is 4.77 Å². The van der Waals surface area contributed by atoms with Crippen molar-refractivity contribution in [3.05, 3.63) is 46.7 Å². The molecule has 2 aromatic rings. The molecule has 0 saturated carbocycles. The predicted molar refractivity (Wildman–Crippen MR) is 77.4 cm³/mol. The molecule has 0 spiro atoms. The monoisotopic (exact) mass is 292 g/mol. The first-order valence-corrected chi connectivity index (χ1v) is 7.11. The van der Waals surface area contributed by atoms with E-state index in [0.717, 1.165) is 25.1 Å². The van der Waals surface area contributed by atoms with Gasteiger partial charge in [0.05, 0.1) is 6.67 Å². The molecule has 1 aromatic heterocycles. The molecule has 4 nitrogen and oxygen atoms in total. The van der Waals surface area contributed by atoms with Crippen molar-refractivity contribution in [2.45, 2.75) is 19.0 Å². The van der Waals surface area contributed by atoms with Crippen LogP contribution in [0.1, 0.15) is 17.9 Å². The number of halogens is 1. The van der Waals surface area contributed by atoms with Crippen LogP contribution in [0, 0.1) is 10.6 Å². The number of nitrogens with zero attached hydrogens (tertiary/aromatic N) is 4. The average molecular weight is 292 g/mol. The second-order valence-electron chi connectivity index (χ2n) is 5.25. The fourth-order valence-electron chi connectivity index (χ4n) is 2.73. The van der Waals surface area contributed by atoms with Crippen LogP contribution in [0.2, 0.25) is 0 Å². The van der Waals surface area contributed by atoms with Gasteiger partial charge in [-0.3, -0.25) is 4.90 Å². The molecule has 106 valence electrons. The van der Waals surface area contributed by atoms with Gasteiger partial charge in [-0.25, -0.2) is 9.07 Å². The summed E-state index contributed by atoms with van der Waals surface area (Å²) in [6, 6.07) is 7.05. The molecule has 1 atom stereocenters. The Morgan fingerprint density at radius 3 is 2.90 bits per heavy atom. The van der Waals surface area contributed by atoms with Crippen LogP contribution in [0.15, 0.2) is 30.6 Å². The molecule has 1 aromatic carbocycles. The summed E-state index contributed by atoms with van der Waals surface area (Å²) in [6.07, 6.45) is 2.69. The minimum atomic E-state index is -0.103. The van der Waals surface area contributed by atoms with Gasteiger partial charge in [-0.15, -0.1) is 0 Å². The summed E-state index contributed by atoms with van der Waals surface area (Å²) in [7, 11) is 1.89. The van der Waals surface area contributed by atoms with Crippen molar-refractivity contribution >= 4 is 12.2 Å². The maximum atomic E-state index is 13.8. The van der Waals surface area contributed by atoms with Crippen LogP contribution in [0.4, 0.5) is 4.39 Å². The quantitative estimate of drug-likeness (QED) is 0.813. The number of aryl methyl sites for hydroxylation is 1. The molecular weight excluding hydrogens is 275 g/mol. The first-order valence-electron chi connectivity index (χ1n) is 6.70.